The molecule has 3 nitrogen and oxygen atoms in total. The first-order chi connectivity index (χ1) is 12.2. The molecule has 0 amide bonds. The topological polar surface area (TPSA) is 55.4 Å². The Labute approximate surface area is 157 Å². The average molecular weight is 355 g/mol. The van der Waals surface area contributed by atoms with Gasteiger partial charge in [-0.2, -0.15) is 0 Å². The van der Waals surface area contributed by atoms with Gasteiger partial charge in [-0.25, -0.2) is 0 Å². The van der Waals surface area contributed by atoms with Crippen molar-refractivity contribution in [3.8, 4) is 0 Å². The molecule has 0 radical (unpaired) electrons. The summed E-state index contributed by atoms with van der Waals surface area (Å²) < 4.78 is 0. The number of hydrogen-bond acceptors (Lipinski definition) is 3. The fourth-order valence-corrected chi connectivity index (χ4v) is 3.52. The Hall–Kier alpha value is -0.440. The Kier molecular flexibility index (Phi) is 18.0. The van der Waals surface area contributed by atoms with Crippen LogP contribution in [0.4, 0.5) is 0 Å². The van der Waals surface area contributed by atoms with Crippen LogP contribution in [0.3, 0.4) is 0 Å². The Morgan fingerprint density at radius 1 is 0.560 bits per heavy atom. The van der Waals surface area contributed by atoms with Gasteiger partial charge in [0.15, 0.2) is 0 Å². The highest BCUT2D eigenvalue weighted by Crippen LogP contribution is 2.22. The zero-order chi connectivity index (χ0) is 18.6. The van der Waals surface area contributed by atoms with Gasteiger partial charge < -0.3 is 5.73 Å². The Bertz CT molecular complexity index is 283. The standard InChI is InChI=1S/C22H46N2O/c1-3-5-7-9-11-13-15-17-19-21-22(23,24-25)20-18-16-14-12-10-8-6-4-2/h3-21,23H2,1-2H3. The molecule has 0 rings (SSSR count). The molecule has 0 saturated heterocycles. The molecule has 0 aliphatic heterocycles. The van der Waals surface area contributed by atoms with Gasteiger partial charge in [0.25, 0.3) is 0 Å². The van der Waals surface area contributed by atoms with E-state index in [0.29, 0.717) is 0 Å². The van der Waals surface area contributed by atoms with Gasteiger partial charge in [-0.15, -0.1) is 4.91 Å². The third kappa shape index (κ3) is 16.8. The molecule has 0 aromatic rings. The van der Waals surface area contributed by atoms with E-state index in [2.05, 4.69) is 19.0 Å². The summed E-state index contributed by atoms with van der Waals surface area (Å²) in [5, 5.41) is 3.27. The van der Waals surface area contributed by atoms with E-state index in [9.17, 15) is 4.91 Å². The number of hydrogen-bond donors (Lipinski definition) is 1. The molecular formula is C22H46N2O. The van der Waals surface area contributed by atoms with Gasteiger partial charge in [0, 0.05) is 0 Å². The molecule has 0 saturated carbocycles. The van der Waals surface area contributed by atoms with E-state index < -0.39 is 5.66 Å². The van der Waals surface area contributed by atoms with Crippen LogP contribution in [0.1, 0.15) is 136 Å². The quantitative estimate of drug-likeness (QED) is 0.179. The monoisotopic (exact) mass is 354 g/mol. The molecule has 0 heterocycles. The predicted molar refractivity (Wildman–Crippen MR) is 112 cm³/mol. The average Bonchev–Trinajstić information content (AvgIpc) is 2.62. The zero-order valence-corrected chi connectivity index (χ0v) is 17.4. The van der Waals surface area contributed by atoms with E-state index in [0.717, 1.165) is 25.7 Å². The van der Waals surface area contributed by atoms with Gasteiger partial charge in [-0.1, -0.05) is 110 Å². The van der Waals surface area contributed by atoms with Gasteiger partial charge >= 0.3 is 0 Å². The van der Waals surface area contributed by atoms with E-state index in [1.54, 1.807) is 0 Å². The van der Waals surface area contributed by atoms with Crippen molar-refractivity contribution in [2.45, 2.75) is 142 Å². The van der Waals surface area contributed by atoms with Gasteiger partial charge in [0.05, 0.1) is 0 Å². The third-order valence-electron chi connectivity index (χ3n) is 5.36. The van der Waals surface area contributed by atoms with Crippen LogP contribution in [-0.4, -0.2) is 5.66 Å². The second-order valence-electron chi connectivity index (χ2n) is 8.00. The maximum Gasteiger partial charge on any atom is 0.150 e. The molecule has 1 unspecified atom stereocenters. The molecule has 25 heavy (non-hydrogen) atoms. The second kappa shape index (κ2) is 18.4. The van der Waals surface area contributed by atoms with E-state index in [4.69, 9.17) is 5.73 Å². The Morgan fingerprint density at radius 3 is 1.12 bits per heavy atom. The van der Waals surface area contributed by atoms with E-state index in [1.807, 2.05) is 0 Å². The summed E-state index contributed by atoms with van der Waals surface area (Å²) in [5.74, 6) is 0. The van der Waals surface area contributed by atoms with Crippen molar-refractivity contribution in [1.29, 1.82) is 0 Å². The highest BCUT2D eigenvalue weighted by Gasteiger charge is 2.24. The van der Waals surface area contributed by atoms with E-state index in [-0.39, 0.29) is 0 Å². The smallest absolute Gasteiger partial charge is 0.150 e. The van der Waals surface area contributed by atoms with Gasteiger partial charge in [0.1, 0.15) is 5.66 Å². The molecule has 3 heteroatoms. The summed E-state index contributed by atoms with van der Waals surface area (Å²) in [6.07, 6.45) is 23.4. The van der Waals surface area contributed by atoms with Crippen molar-refractivity contribution in [2.75, 3.05) is 0 Å². The second-order valence-corrected chi connectivity index (χ2v) is 8.00. The van der Waals surface area contributed by atoms with E-state index in [1.165, 1.54) is 96.3 Å². The largest absolute Gasteiger partial charge is 0.304 e. The maximum absolute atomic E-state index is 11.2. The Balaban J connectivity index is 3.52. The van der Waals surface area contributed by atoms with Crippen molar-refractivity contribution in [2.24, 2.45) is 10.9 Å². The van der Waals surface area contributed by atoms with Crippen LogP contribution in [0.15, 0.2) is 5.18 Å². The summed E-state index contributed by atoms with van der Waals surface area (Å²) in [6.45, 7) is 4.51. The molecule has 150 valence electrons. The van der Waals surface area contributed by atoms with Crippen LogP contribution in [0.2, 0.25) is 0 Å². The lowest BCUT2D eigenvalue weighted by Crippen LogP contribution is -2.37. The molecule has 0 bridgehead atoms. The summed E-state index contributed by atoms with van der Waals surface area (Å²) in [5.41, 5.74) is 5.39. The first-order valence-electron chi connectivity index (χ1n) is 11.3. The van der Waals surface area contributed by atoms with Crippen LogP contribution in [0.25, 0.3) is 0 Å². The van der Waals surface area contributed by atoms with Gasteiger partial charge in [-0.3, -0.25) is 0 Å². The molecular weight excluding hydrogens is 308 g/mol. The Morgan fingerprint density at radius 2 is 0.840 bits per heavy atom. The molecule has 0 aliphatic rings. The summed E-state index contributed by atoms with van der Waals surface area (Å²) in [7, 11) is 0. The maximum atomic E-state index is 11.2. The number of nitroso groups, excluding NO2 is 1. The first-order valence-corrected chi connectivity index (χ1v) is 11.3. The lowest BCUT2D eigenvalue weighted by molar-refractivity contribution is 0.345. The zero-order valence-electron chi connectivity index (χ0n) is 17.4. The highest BCUT2D eigenvalue weighted by atomic mass is 16.3. The van der Waals surface area contributed by atoms with Crippen molar-refractivity contribution in [1.82, 2.24) is 0 Å². The molecule has 0 aromatic heterocycles. The van der Waals surface area contributed by atoms with Gasteiger partial charge in [0.2, 0.25) is 0 Å². The minimum absolute atomic E-state index is 0.766. The summed E-state index contributed by atoms with van der Waals surface area (Å²) in [4.78, 5) is 11.2. The normalized spacial score (nSPS) is 13.7. The molecule has 2 N–H and O–H groups in total. The van der Waals surface area contributed by atoms with Crippen LogP contribution < -0.4 is 5.73 Å². The predicted octanol–water partition coefficient (Wildman–Crippen LogP) is 7.86. The lowest BCUT2D eigenvalue weighted by atomic mass is 9.95. The van der Waals surface area contributed by atoms with Crippen LogP contribution in [0.5, 0.6) is 0 Å². The molecule has 0 spiro atoms. The fraction of sp³-hybridized carbons (Fsp3) is 1.00. The van der Waals surface area contributed by atoms with Gasteiger partial charge in [-0.05, 0) is 30.9 Å². The molecule has 0 aliphatic carbocycles. The minimum atomic E-state index is -0.802. The molecule has 0 fully saturated rings. The third-order valence-corrected chi connectivity index (χ3v) is 5.36. The first kappa shape index (κ1) is 24.6. The van der Waals surface area contributed by atoms with Crippen LogP contribution >= 0.6 is 0 Å². The van der Waals surface area contributed by atoms with Crippen molar-refractivity contribution in [3.05, 3.63) is 4.91 Å². The lowest BCUT2D eigenvalue weighted by Gasteiger charge is -2.21. The highest BCUT2D eigenvalue weighted by molar-refractivity contribution is 4.80. The minimum Gasteiger partial charge on any atom is -0.304 e. The summed E-state index contributed by atoms with van der Waals surface area (Å²) in [6, 6.07) is 0. The summed E-state index contributed by atoms with van der Waals surface area (Å²) >= 11 is 0. The molecule has 0 aromatic carbocycles. The van der Waals surface area contributed by atoms with Crippen molar-refractivity contribution < 1.29 is 0 Å². The number of rotatable bonds is 20. The SMILES string of the molecule is CCCCCCCCCCCC(N)(CCCCCCCCCC)N=O. The number of nitrogens with two attached hydrogens (primary N) is 1. The van der Waals surface area contributed by atoms with Crippen molar-refractivity contribution >= 4 is 0 Å². The number of unbranched alkanes of at least 4 members (excludes halogenated alkanes) is 15. The van der Waals surface area contributed by atoms with Crippen molar-refractivity contribution in [3.63, 3.8) is 0 Å². The van der Waals surface area contributed by atoms with Crippen LogP contribution in [-0.2, 0) is 0 Å². The van der Waals surface area contributed by atoms with Crippen LogP contribution in [0, 0.1) is 4.91 Å². The fourth-order valence-electron chi connectivity index (χ4n) is 3.52. The molecule has 1 atom stereocenters. The number of nitrogens with zero attached hydrogens (tertiary/aromatic N) is 1. The van der Waals surface area contributed by atoms with E-state index >= 15 is 0 Å².